The van der Waals surface area contributed by atoms with E-state index in [1.54, 1.807) is 47.3 Å². The highest BCUT2D eigenvalue weighted by atomic mass is 16.5. The van der Waals surface area contributed by atoms with Gasteiger partial charge in [0.05, 0.1) is 30.6 Å². The molecule has 2 aromatic carbocycles. The molecule has 140 valence electrons. The van der Waals surface area contributed by atoms with Crippen LogP contribution < -0.4 is 9.75 Å². The van der Waals surface area contributed by atoms with Crippen LogP contribution in [0, 0.1) is 0 Å². The molecule has 0 fully saturated rings. The highest BCUT2D eigenvalue weighted by Crippen LogP contribution is 2.26. The summed E-state index contributed by atoms with van der Waals surface area (Å²) in [5, 5.41) is 21.0. The lowest BCUT2D eigenvalue weighted by atomic mass is 10.2. The summed E-state index contributed by atoms with van der Waals surface area (Å²) in [6.45, 7) is 0. The van der Waals surface area contributed by atoms with Gasteiger partial charge in [-0.3, -0.25) is 5.01 Å². The van der Waals surface area contributed by atoms with Gasteiger partial charge in [-0.15, -0.1) is 0 Å². The number of hydrazone groups is 1. The number of phenolic OH excluding ortho intramolecular Hbond substituents is 1. The van der Waals surface area contributed by atoms with Crippen LogP contribution in [-0.4, -0.2) is 45.2 Å². The van der Waals surface area contributed by atoms with Gasteiger partial charge < -0.3 is 9.84 Å². The number of aromatic nitrogens is 4. The quantitative estimate of drug-likeness (QED) is 0.427. The molecule has 8 nitrogen and oxygen atoms in total. The average molecular weight is 374 g/mol. The van der Waals surface area contributed by atoms with Crippen molar-refractivity contribution in [1.29, 1.82) is 0 Å². The van der Waals surface area contributed by atoms with Crippen LogP contribution in [-0.2, 0) is 0 Å². The van der Waals surface area contributed by atoms with Gasteiger partial charge in [-0.2, -0.15) is 10.2 Å². The lowest BCUT2D eigenvalue weighted by molar-refractivity contribution is 0.373. The van der Waals surface area contributed by atoms with E-state index >= 15 is 0 Å². The van der Waals surface area contributed by atoms with Gasteiger partial charge in [-0.1, -0.05) is 18.2 Å². The highest BCUT2D eigenvalue weighted by molar-refractivity contribution is 5.88. The number of anilines is 1. The number of methoxy groups -OCH3 is 1. The van der Waals surface area contributed by atoms with Crippen molar-refractivity contribution in [3.63, 3.8) is 0 Å². The standard InChI is InChI=1S/C20H18N6O2/c1-25(23-11-14-8-9-17(27)18(10-14)28-2)19-16-12-24-26(20(16)22-13-21-19)15-6-4-3-5-7-15/h3-13,27H,1-2H3/b23-11+. The first kappa shape index (κ1) is 17.5. The molecule has 2 aromatic heterocycles. The zero-order valence-electron chi connectivity index (χ0n) is 15.4. The summed E-state index contributed by atoms with van der Waals surface area (Å²) in [7, 11) is 3.31. The summed E-state index contributed by atoms with van der Waals surface area (Å²) in [6, 6.07) is 14.8. The molecule has 0 atom stereocenters. The maximum Gasteiger partial charge on any atom is 0.168 e. The molecule has 4 rings (SSSR count). The Morgan fingerprint density at radius 3 is 2.75 bits per heavy atom. The Hall–Kier alpha value is -3.94. The third kappa shape index (κ3) is 3.23. The molecular weight excluding hydrogens is 356 g/mol. The zero-order valence-corrected chi connectivity index (χ0v) is 15.4. The van der Waals surface area contributed by atoms with Crippen molar-refractivity contribution in [2.45, 2.75) is 0 Å². The number of nitrogens with zero attached hydrogens (tertiary/aromatic N) is 6. The number of hydrogen-bond acceptors (Lipinski definition) is 7. The van der Waals surface area contributed by atoms with E-state index in [9.17, 15) is 5.11 Å². The van der Waals surface area contributed by atoms with Gasteiger partial charge in [-0.25, -0.2) is 14.6 Å². The van der Waals surface area contributed by atoms with Gasteiger partial charge in [0.1, 0.15) is 6.33 Å². The number of fused-ring (bicyclic) bond motifs is 1. The SMILES string of the molecule is COc1cc(/C=N/N(C)c2ncnc3c2cnn3-c2ccccc2)ccc1O. The smallest absolute Gasteiger partial charge is 0.168 e. The molecule has 0 bridgehead atoms. The Balaban J connectivity index is 1.66. The number of hydrogen-bond donors (Lipinski definition) is 1. The molecular formula is C20H18N6O2. The second-order valence-electron chi connectivity index (χ2n) is 6.03. The fourth-order valence-electron chi connectivity index (χ4n) is 2.83. The predicted molar refractivity (Wildman–Crippen MR) is 107 cm³/mol. The van der Waals surface area contributed by atoms with Crippen LogP contribution in [0.2, 0.25) is 0 Å². The number of para-hydroxylation sites is 1. The van der Waals surface area contributed by atoms with Crippen LogP contribution in [0.3, 0.4) is 0 Å². The lowest BCUT2D eigenvalue weighted by Gasteiger charge is -2.12. The molecule has 0 saturated heterocycles. The minimum Gasteiger partial charge on any atom is -0.504 e. The Bertz CT molecular complexity index is 1140. The van der Waals surface area contributed by atoms with E-state index in [4.69, 9.17) is 4.74 Å². The van der Waals surface area contributed by atoms with E-state index in [1.165, 1.54) is 13.4 Å². The molecule has 0 saturated carbocycles. The average Bonchev–Trinajstić information content (AvgIpc) is 3.17. The van der Waals surface area contributed by atoms with Gasteiger partial charge in [0.2, 0.25) is 0 Å². The third-order valence-corrected chi connectivity index (χ3v) is 4.24. The summed E-state index contributed by atoms with van der Waals surface area (Å²) in [6.07, 6.45) is 4.89. The van der Waals surface area contributed by atoms with E-state index in [0.29, 0.717) is 17.2 Å². The van der Waals surface area contributed by atoms with Crippen molar-refractivity contribution >= 4 is 23.1 Å². The zero-order chi connectivity index (χ0) is 19.5. The highest BCUT2D eigenvalue weighted by Gasteiger charge is 2.13. The van der Waals surface area contributed by atoms with Crippen molar-refractivity contribution in [1.82, 2.24) is 19.7 Å². The van der Waals surface area contributed by atoms with E-state index in [0.717, 1.165) is 16.6 Å². The molecule has 28 heavy (non-hydrogen) atoms. The number of phenols is 1. The van der Waals surface area contributed by atoms with Crippen molar-refractivity contribution < 1.29 is 9.84 Å². The molecule has 1 N–H and O–H groups in total. The van der Waals surface area contributed by atoms with E-state index in [2.05, 4.69) is 20.2 Å². The van der Waals surface area contributed by atoms with Gasteiger partial charge >= 0.3 is 0 Å². The van der Waals surface area contributed by atoms with Crippen LogP contribution in [0.1, 0.15) is 5.56 Å². The second kappa shape index (κ2) is 7.36. The summed E-state index contributed by atoms with van der Waals surface area (Å²) in [4.78, 5) is 8.73. The molecule has 0 unspecified atom stereocenters. The van der Waals surface area contributed by atoms with Gasteiger partial charge in [0.25, 0.3) is 0 Å². The fraction of sp³-hybridized carbons (Fsp3) is 0.100. The lowest BCUT2D eigenvalue weighted by Crippen LogP contribution is -2.11. The van der Waals surface area contributed by atoms with Gasteiger partial charge in [0.15, 0.2) is 23.0 Å². The monoisotopic (exact) mass is 374 g/mol. The topological polar surface area (TPSA) is 88.7 Å². The molecule has 0 spiro atoms. The number of ether oxygens (including phenoxy) is 1. The first-order valence-corrected chi connectivity index (χ1v) is 8.56. The first-order valence-electron chi connectivity index (χ1n) is 8.56. The van der Waals surface area contributed by atoms with Crippen LogP contribution in [0.5, 0.6) is 11.5 Å². The van der Waals surface area contributed by atoms with Crippen LogP contribution in [0.15, 0.2) is 66.2 Å². The number of rotatable bonds is 5. The fourth-order valence-corrected chi connectivity index (χ4v) is 2.83. The summed E-state index contributed by atoms with van der Waals surface area (Å²) < 4.78 is 6.89. The molecule has 8 heteroatoms. The molecule has 0 aliphatic rings. The summed E-state index contributed by atoms with van der Waals surface area (Å²) >= 11 is 0. The van der Waals surface area contributed by atoms with Crippen molar-refractivity contribution in [3.05, 3.63) is 66.6 Å². The molecule has 0 aliphatic carbocycles. The Labute approximate surface area is 161 Å². The summed E-state index contributed by atoms with van der Waals surface area (Å²) in [5.41, 5.74) is 2.40. The predicted octanol–water partition coefficient (Wildman–Crippen LogP) is 3.00. The van der Waals surface area contributed by atoms with Crippen LogP contribution in [0.4, 0.5) is 5.82 Å². The molecule has 0 radical (unpaired) electrons. The maximum absolute atomic E-state index is 9.70. The molecule has 0 aliphatic heterocycles. The van der Waals surface area contributed by atoms with Gasteiger partial charge in [-0.05, 0) is 35.9 Å². The number of benzene rings is 2. The molecule has 4 aromatic rings. The largest absolute Gasteiger partial charge is 0.504 e. The van der Waals surface area contributed by atoms with Crippen LogP contribution >= 0.6 is 0 Å². The third-order valence-electron chi connectivity index (χ3n) is 4.24. The maximum atomic E-state index is 9.70. The van der Waals surface area contributed by atoms with E-state index in [-0.39, 0.29) is 5.75 Å². The molecule has 0 amide bonds. The van der Waals surface area contributed by atoms with Gasteiger partial charge in [0, 0.05) is 7.05 Å². The van der Waals surface area contributed by atoms with Crippen molar-refractivity contribution in [3.8, 4) is 17.2 Å². The minimum absolute atomic E-state index is 0.0823. The Kier molecular flexibility index (Phi) is 4.59. The normalized spacial score (nSPS) is 11.2. The van der Waals surface area contributed by atoms with E-state index in [1.807, 2.05) is 30.3 Å². The van der Waals surface area contributed by atoms with Crippen molar-refractivity contribution in [2.24, 2.45) is 5.10 Å². The second-order valence-corrected chi connectivity index (χ2v) is 6.03. The van der Waals surface area contributed by atoms with E-state index < -0.39 is 0 Å². The van der Waals surface area contributed by atoms with Crippen LogP contribution in [0.25, 0.3) is 16.7 Å². The summed E-state index contributed by atoms with van der Waals surface area (Å²) in [5.74, 6) is 1.10. The first-order chi connectivity index (χ1) is 13.7. The minimum atomic E-state index is 0.0823. The number of aromatic hydroxyl groups is 1. The molecule has 2 heterocycles. The van der Waals surface area contributed by atoms with Crippen molar-refractivity contribution in [2.75, 3.05) is 19.2 Å². The Morgan fingerprint density at radius 2 is 1.96 bits per heavy atom. The Morgan fingerprint density at radius 1 is 1.14 bits per heavy atom.